The van der Waals surface area contributed by atoms with Crippen molar-refractivity contribution in [2.75, 3.05) is 13.2 Å². The van der Waals surface area contributed by atoms with E-state index < -0.39 is 6.10 Å². The van der Waals surface area contributed by atoms with E-state index in [2.05, 4.69) is 99.8 Å². The zero-order chi connectivity index (χ0) is 41.5. The Bertz CT molecular complexity index is 1140. The van der Waals surface area contributed by atoms with Crippen LogP contribution in [0.25, 0.3) is 0 Å². The van der Waals surface area contributed by atoms with Gasteiger partial charge in [0.2, 0.25) is 0 Å². The molecule has 0 aliphatic carbocycles. The first kappa shape index (κ1) is 53.6. The van der Waals surface area contributed by atoms with Crippen molar-refractivity contribution in [3.8, 4) is 0 Å². The Labute approximate surface area is 350 Å². The molecule has 0 amide bonds. The molecule has 0 saturated heterocycles. The molecule has 0 saturated carbocycles. The number of carbonyl (C=O) groups is 3. The standard InChI is InChI=1S/C51H84O6/c1-4-7-10-13-16-19-22-24-25-26-28-29-32-35-38-41-44-50(53)56-47-48(46-55-49(52)43-40-37-34-31-21-18-15-12-9-6-3)57-51(54)45-42-39-36-33-30-27-23-20-17-14-11-8-5-2/h7-8,10-11,14,16-17,19-20,23-25,28-29,48H,4-6,9,12-13,15,18,21-22,26-27,30-47H2,1-3H3/b10-7-,11-8-,17-14-,19-16-,23-20-,25-24-,29-28-. The van der Waals surface area contributed by atoms with Crippen LogP contribution < -0.4 is 0 Å². The Morgan fingerprint density at radius 3 is 1.28 bits per heavy atom. The zero-order valence-corrected chi connectivity index (χ0v) is 36.8. The average Bonchev–Trinajstić information content (AvgIpc) is 3.21. The third kappa shape index (κ3) is 43.6. The normalized spacial score (nSPS) is 12.8. The topological polar surface area (TPSA) is 78.9 Å². The fourth-order valence-corrected chi connectivity index (χ4v) is 6.02. The molecular formula is C51H84O6. The van der Waals surface area contributed by atoms with Gasteiger partial charge in [-0.2, -0.15) is 0 Å². The second-order valence-electron chi connectivity index (χ2n) is 15.0. The predicted molar refractivity (Wildman–Crippen MR) is 242 cm³/mol. The molecule has 6 heteroatoms. The maximum Gasteiger partial charge on any atom is 0.306 e. The maximum absolute atomic E-state index is 12.7. The molecule has 0 N–H and O–H groups in total. The lowest BCUT2D eigenvalue weighted by molar-refractivity contribution is -0.167. The van der Waals surface area contributed by atoms with Crippen molar-refractivity contribution in [2.45, 2.75) is 207 Å². The van der Waals surface area contributed by atoms with Gasteiger partial charge in [-0.25, -0.2) is 0 Å². The van der Waals surface area contributed by atoms with E-state index in [0.717, 1.165) is 116 Å². The van der Waals surface area contributed by atoms with Crippen molar-refractivity contribution >= 4 is 17.9 Å². The molecule has 0 aliphatic heterocycles. The highest BCUT2D eigenvalue weighted by Gasteiger charge is 2.19. The molecule has 57 heavy (non-hydrogen) atoms. The second kappa shape index (κ2) is 45.3. The van der Waals surface area contributed by atoms with Crippen molar-refractivity contribution < 1.29 is 28.6 Å². The fourth-order valence-electron chi connectivity index (χ4n) is 6.02. The van der Waals surface area contributed by atoms with Gasteiger partial charge in [-0.05, 0) is 77.0 Å². The molecule has 0 aliphatic rings. The largest absolute Gasteiger partial charge is 0.462 e. The smallest absolute Gasteiger partial charge is 0.306 e. The van der Waals surface area contributed by atoms with Crippen LogP contribution in [-0.2, 0) is 28.6 Å². The number of hydrogen-bond acceptors (Lipinski definition) is 6. The van der Waals surface area contributed by atoms with Crippen LogP contribution in [0.15, 0.2) is 85.1 Å². The molecule has 0 heterocycles. The lowest BCUT2D eigenvalue weighted by Gasteiger charge is -2.18. The number of ether oxygens (including phenoxy) is 3. The molecule has 1 atom stereocenters. The first-order valence-corrected chi connectivity index (χ1v) is 23.1. The van der Waals surface area contributed by atoms with Crippen molar-refractivity contribution in [1.82, 2.24) is 0 Å². The van der Waals surface area contributed by atoms with Gasteiger partial charge < -0.3 is 14.2 Å². The number of carbonyl (C=O) groups excluding carboxylic acids is 3. The highest BCUT2D eigenvalue weighted by atomic mass is 16.6. The van der Waals surface area contributed by atoms with Crippen LogP contribution in [0.1, 0.15) is 201 Å². The molecule has 0 aromatic heterocycles. The minimum Gasteiger partial charge on any atom is -0.462 e. The lowest BCUT2D eigenvalue weighted by Crippen LogP contribution is -2.30. The monoisotopic (exact) mass is 793 g/mol. The maximum atomic E-state index is 12.7. The summed E-state index contributed by atoms with van der Waals surface area (Å²) in [6.07, 6.45) is 57.1. The second-order valence-corrected chi connectivity index (χ2v) is 15.0. The Kier molecular flexibility index (Phi) is 42.6. The molecule has 0 spiro atoms. The molecular weight excluding hydrogens is 709 g/mol. The minimum absolute atomic E-state index is 0.0952. The van der Waals surface area contributed by atoms with Crippen molar-refractivity contribution in [3.63, 3.8) is 0 Å². The van der Waals surface area contributed by atoms with Gasteiger partial charge in [0.25, 0.3) is 0 Å². The Morgan fingerprint density at radius 2 is 0.772 bits per heavy atom. The van der Waals surface area contributed by atoms with E-state index in [1.54, 1.807) is 0 Å². The van der Waals surface area contributed by atoms with Crippen LogP contribution in [-0.4, -0.2) is 37.2 Å². The van der Waals surface area contributed by atoms with Crippen molar-refractivity contribution in [1.29, 1.82) is 0 Å². The summed E-state index contributed by atoms with van der Waals surface area (Å²) in [6, 6.07) is 0. The van der Waals surface area contributed by atoms with Gasteiger partial charge >= 0.3 is 17.9 Å². The highest BCUT2D eigenvalue weighted by molar-refractivity contribution is 5.71. The van der Waals surface area contributed by atoms with Gasteiger partial charge in [0.1, 0.15) is 13.2 Å². The van der Waals surface area contributed by atoms with Gasteiger partial charge in [0, 0.05) is 19.3 Å². The first-order chi connectivity index (χ1) is 28.0. The molecule has 0 aromatic carbocycles. The summed E-state index contributed by atoms with van der Waals surface area (Å²) in [5, 5.41) is 0. The molecule has 0 fully saturated rings. The molecule has 324 valence electrons. The van der Waals surface area contributed by atoms with Gasteiger partial charge in [0.05, 0.1) is 0 Å². The van der Waals surface area contributed by atoms with Gasteiger partial charge in [-0.3, -0.25) is 14.4 Å². The average molecular weight is 793 g/mol. The summed E-state index contributed by atoms with van der Waals surface area (Å²) >= 11 is 0. The minimum atomic E-state index is -0.797. The first-order valence-electron chi connectivity index (χ1n) is 23.1. The summed E-state index contributed by atoms with van der Waals surface area (Å²) in [6.45, 7) is 6.31. The summed E-state index contributed by atoms with van der Waals surface area (Å²) in [4.78, 5) is 37.7. The summed E-state index contributed by atoms with van der Waals surface area (Å²) in [5.74, 6) is -0.957. The summed E-state index contributed by atoms with van der Waals surface area (Å²) in [7, 11) is 0. The lowest BCUT2D eigenvalue weighted by atomic mass is 10.1. The molecule has 1 unspecified atom stereocenters. The van der Waals surface area contributed by atoms with Gasteiger partial charge in [-0.1, -0.05) is 189 Å². The fraction of sp³-hybridized carbons (Fsp3) is 0.667. The molecule has 6 nitrogen and oxygen atoms in total. The third-order valence-electron chi connectivity index (χ3n) is 9.46. The van der Waals surface area contributed by atoms with Crippen LogP contribution in [0, 0.1) is 0 Å². The summed E-state index contributed by atoms with van der Waals surface area (Å²) < 4.78 is 16.7. The highest BCUT2D eigenvalue weighted by Crippen LogP contribution is 2.13. The van der Waals surface area contributed by atoms with E-state index in [1.165, 1.54) is 44.9 Å². The number of unbranched alkanes of at least 4 members (excludes halogenated alkanes) is 17. The predicted octanol–water partition coefficient (Wildman–Crippen LogP) is 14.9. The van der Waals surface area contributed by atoms with E-state index in [1.807, 2.05) is 6.08 Å². The summed E-state index contributed by atoms with van der Waals surface area (Å²) in [5.41, 5.74) is 0. The van der Waals surface area contributed by atoms with Gasteiger partial charge in [-0.15, -0.1) is 0 Å². The number of hydrogen-bond donors (Lipinski definition) is 0. The van der Waals surface area contributed by atoms with Crippen molar-refractivity contribution in [2.24, 2.45) is 0 Å². The third-order valence-corrected chi connectivity index (χ3v) is 9.46. The number of esters is 3. The van der Waals surface area contributed by atoms with Crippen LogP contribution in [0.4, 0.5) is 0 Å². The Hall–Kier alpha value is -3.41. The Morgan fingerprint density at radius 1 is 0.386 bits per heavy atom. The van der Waals surface area contributed by atoms with E-state index in [9.17, 15) is 14.4 Å². The molecule has 0 radical (unpaired) electrons. The number of rotatable bonds is 40. The molecule has 0 aromatic rings. The zero-order valence-electron chi connectivity index (χ0n) is 36.8. The van der Waals surface area contributed by atoms with Crippen LogP contribution in [0.3, 0.4) is 0 Å². The van der Waals surface area contributed by atoms with E-state index in [-0.39, 0.29) is 31.1 Å². The molecule has 0 rings (SSSR count). The van der Waals surface area contributed by atoms with Crippen LogP contribution >= 0.6 is 0 Å². The van der Waals surface area contributed by atoms with Crippen LogP contribution in [0.5, 0.6) is 0 Å². The van der Waals surface area contributed by atoms with Crippen molar-refractivity contribution in [3.05, 3.63) is 85.1 Å². The van der Waals surface area contributed by atoms with E-state index in [4.69, 9.17) is 14.2 Å². The molecule has 0 bridgehead atoms. The Balaban J connectivity index is 4.47. The van der Waals surface area contributed by atoms with Crippen LogP contribution in [0.2, 0.25) is 0 Å². The van der Waals surface area contributed by atoms with E-state index >= 15 is 0 Å². The SMILES string of the molecule is CC\C=C/C=C\C=C/CCCCCCCC(=O)OC(COC(=O)CCCCC/C=C\C/C=C\C/C=C\C/C=C\CC)COC(=O)CCCCCCCCCCCC. The van der Waals surface area contributed by atoms with E-state index in [0.29, 0.717) is 19.3 Å². The number of allylic oxidation sites excluding steroid dienone is 14. The van der Waals surface area contributed by atoms with Gasteiger partial charge in [0.15, 0.2) is 6.10 Å². The quantitative estimate of drug-likeness (QED) is 0.0202.